The molecule has 180 valence electrons. The average Bonchev–Trinajstić information content (AvgIpc) is 2.92. The Morgan fingerprint density at radius 3 is 2.34 bits per heavy atom. The molecule has 0 aliphatic carbocycles. The first-order valence-corrected chi connectivity index (χ1v) is 12.8. The van der Waals surface area contributed by atoms with Gasteiger partial charge in [-0.15, -0.1) is 0 Å². The van der Waals surface area contributed by atoms with E-state index < -0.39 is 0 Å². The molecule has 0 aromatic heterocycles. The van der Waals surface area contributed by atoms with E-state index in [0.717, 1.165) is 17.7 Å². The Bertz CT molecular complexity index is 1160. The van der Waals surface area contributed by atoms with E-state index in [1.807, 2.05) is 54.6 Å². The second-order valence-electron chi connectivity index (χ2n) is 9.65. The standard InChI is InChI=1S/C30H33N3O2/c34-29(31-21-24-11-8-20-33-19-7-6-14-28(24)33)23-15-17-25(18-16-23)32-30(35)27-13-5-4-12-26(27)22-9-2-1-3-10-22/h1-5,9-10,12-13,15-18,24,28H,6-8,11,14,19-21H2,(H,31,34)(H,32,35)/t24-,28+/m0/s1. The smallest absolute Gasteiger partial charge is 0.256 e. The molecule has 0 spiro atoms. The van der Waals surface area contributed by atoms with Gasteiger partial charge in [-0.3, -0.25) is 9.59 Å². The van der Waals surface area contributed by atoms with Gasteiger partial charge in [-0.05, 0) is 86.1 Å². The number of nitrogens with one attached hydrogen (secondary N) is 2. The number of carbonyl (C=O) groups excluding carboxylic acids is 2. The molecule has 2 saturated heterocycles. The average molecular weight is 468 g/mol. The minimum absolute atomic E-state index is 0.0507. The second-order valence-corrected chi connectivity index (χ2v) is 9.65. The minimum Gasteiger partial charge on any atom is -0.352 e. The molecule has 2 aliphatic heterocycles. The van der Waals surface area contributed by atoms with Gasteiger partial charge in [0.2, 0.25) is 0 Å². The van der Waals surface area contributed by atoms with Crippen molar-refractivity contribution < 1.29 is 9.59 Å². The van der Waals surface area contributed by atoms with Crippen molar-refractivity contribution in [1.82, 2.24) is 10.2 Å². The third kappa shape index (κ3) is 5.46. The molecule has 2 fully saturated rings. The van der Waals surface area contributed by atoms with Gasteiger partial charge < -0.3 is 15.5 Å². The fourth-order valence-corrected chi connectivity index (χ4v) is 5.60. The molecule has 0 saturated carbocycles. The first kappa shape index (κ1) is 23.3. The zero-order chi connectivity index (χ0) is 24.0. The zero-order valence-electron chi connectivity index (χ0n) is 20.1. The molecular weight excluding hydrogens is 434 g/mol. The topological polar surface area (TPSA) is 61.4 Å². The first-order chi connectivity index (χ1) is 17.2. The maximum absolute atomic E-state index is 13.0. The minimum atomic E-state index is -0.170. The van der Waals surface area contributed by atoms with E-state index in [9.17, 15) is 9.59 Å². The van der Waals surface area contributed by atoms with Gasteiger partial charge in [0, 0.05) is 29.4 Å². The van der Waals surface area contributed by atoms with Gasteiger partial charge >= 0.3 is 0 Å². The van der Waals surface area contributed by atoms with Gasteiger partial charge in [-0.1, -0.05) is 55.0 Å². The number of carbonyl (C=O) groups is 2. The molecule has 2 aliphatic rings. The van der Waals surface area contributed by atoms with Crippen LogP contribution >= 0.6 is 0 Å². The van der Waals surface area contributed by atoms with Crippen molar-refractivity contribution in [1.29, 1.82) is 0 Å². The zero-order valence-corrected chi connectivity index (χ0v) is 20.1. The molecule has 0 unspecified atom stereocenters. The molecule has 0 bridgehead atoms. The Morgan fingerprint density at radius 2 is 1.51 bits per heavy atom. The van der Waals surface area contributed by atoms with Crippen molar-refractivity contribution in [2.75, 3.05) is 25.0 Å². The third-order valence-corrected chi connectivity index (χ3v) is 7.41. The monoisotopic (exact) mass is 467 g/mol. The maximum Gasteiger partial charge on any atom is 0.256 e. The van der Waals surface area contributed by atoms with Crippen molar-refractivity contribution >= 4 is 17.5 Å². The number of piperidine rings is 2. The summed E-state index contributed by atoms with van der Waals surface area (Å²) in [5.74, 6) is 0.317. The predicted octanol–water partition coefficient (Wildman–Crippen LogP) is 5.60. The van der Waals surface area contributed by atoms with E-state index in [4.69, 9.17) is 0 Å². The lowest BCUT2D eigenvalue weighted by molar-refractivity contribution is 0.0575. The lowest BCUT2D eigenvalue weighted by Gasteiger charge is -2.44. The lowest BCUT2D eigenvalue weighted by Crippen LogP contribution is -2.51. The fourth-order valence-electron chi connectivity index (χ4n) is 5.60. The Balaban J connectivity index is 1.20. The van der Waals surface area contributed by atoms with Crippen LogP contribution in [-0.4, -0.2) is 42.4 Å². The van der Waals surface area contributed by atoms with E-state index in [1.165, 1.54) is 45.2 Å². The normalized spacial score (nSPS) is 20.0. The maximum atomic E-state index is 13.0. The van der Waals surface area contributed by atoms with E-state index >= 15 is 0 Å². The molecule has 0 radical (unpaired) electrons. The third-order valence-electron chi connectivity index (χ3n) is 7.41. The van der Waals surface area contributed by atoms with E-state index in [0.29, 0.717) is 28.8 Å². The van der Waals surface area contributed by atoms with Crippen LogP contribution in [0.2, 0.25) is 0 Å². The van der Waals surface area contributed by atoms with Gasteiger partial charge in [-0.2, -0.15) is 0 Å². The summed E-state index contributed by atoms with van der Waals surface area (Å²) in [6, 6.07) is 25.2. The van der Waals surface area contributed by atoms with Crippen LogP contribution in [0, 0.1) is 5.92 Å². The summed E-state index contributed by atoms with van der Waals surface area (Å²) in [6.45, 7) is 3.14. The first-order valence-electron chi connectivity index (χ1n) is 12.8. The van der Waals surface area contributed by atoms with E-state index in [2.05, 4.69) is 15.5 Å². The van der Waals surface area contributed by atoms with Crippen molar-refractivity contribution in [2.45, 2.75) is 38.1 Å². The van der Waals surface area contributed by atoms with Crippen LogP contribution in [0.1, 0.15) is 52.8 Å². The molecule has 2 amide bonds. The Kier molecular flexibility index (Phi) is 7.24. The SMILES string of the molecule is O=C(NC[C@@H]1CCCN2CCCC[C@H]12)c1ccc(NC(=O)c2ccccc2-c2ccccc2)cc1. The number of nitrogens with zero attached hydrogens (tertiary/aromatic N) is 1. The van der Waals surface area contributed by atoms with Crippen LogP contribution in [0.3, 0.4) is 0 Å². The van der Waals surface area contributed by atoms with Crippen molar-refractivity contribution in [3.05, 3.63) is 90.0 Å². The van der Waals surface area contributed by atoms with Crippen molar-refractivity contribution in [3.63, 3.8) is 0 Å². The lowest BCUT2D eigenvalue weighted by atomic mass is 9.83. The van der Waals surface area contributed by atoms with Crippen LogP contribution < -0.4 is 10.6 Å². The number of fused-ring (bicyclic) bond motifs is 1. The van der Waals surface area contributed by atoms with Crippen LogP contribution in [0.25, 0.3) is 11.1 Å². The highest BCUT2D eigenvalue weighted by Gasteiger charge is 2.32. The van der Waals surface area contributed by atoms with Gasteiger partial charge in [0.05, 0.1) is 0 Å². The highest BCUT2D eigenvalue weighted by molar-refractivity contribution is 6.08. The molecule has 5 nitrogen and oxygen atoms in total. The molecule has 3 aromatic rings. The summed E-state index contributed by atoms with van der Waals surface area (Å²) in [6.07, 6.45) is 6.27. The molecular formula is C30H33N3O2. The number of hydrogen-bond acceptors (Lipinski definition) is 3. The fraction of sp³-hybridized carbons (Fsp3) is 0.333. The van der Waals surface area contributed by atoms with Gasteiger partial charge in [-0.25, -0.2) is 0 Å². The summed E-state index contributed by atoms with van der Waals surface area (Å²) < 4.78 is 0. The number of amides is 2. The van der Waals surface area contributed by atoms with Gasteiger partial charge in [0.25, 0.3) is 11.8 Å². The summed E-state index contributed by atoms with van der Waals surface area (Å²) >= 11 is 0. The highest BCUT2D eigenvalue weighted by atomic mass is 16.2. The Labute approximate surface area is 207 Å². The molecule has 2 atom stereocenters. The molecule has 35 heavy (non-hydrogen) atoms. The largest absolute Gasteiger partial charge is 0.352 e. The van der Waals surface area contributed by atoms with E-state index in [-0.39, 0.29) is 11.8 Å². The van der Waals surface area contributed by atoms with Crippen LogP contribution in [-0.2, 0) is 0 Å². The molecule has 5 heteroatoms. The molecule has 5 rings (SSSR count). The summed E-state index contributed by atoms with van der Waals surface area (Å²) in [7, 11) is 0. The molecule has 3 aromatic carbocycles. The Morgan fingerprint density at radius 1 is 0.771 bits per heavy atom. The van der Waals surface area contributed by atoms with Crippen LogP contribution in [0.5, 0.6) is 0 Å². The van der Waals surface area contributed by atoms with Crippen LogP contribution in [0.4, 0.5) is 5.69 Å². The highest BCUT2D eigenvalue weighted by Crippen LogP contribution is 2.30. The second kappa shape index (κ2) is 10.9. The van der Waals surface area contributed by atoms with Crippen LogP contribution in [0.15, 0.2) is 78.9 Å². The number of hydrogen-bond donors (Lipinski definition) is 2. The number of benzene rings is 3. The molecule has 2 heterocycles. The van der Waals surface area contributed by atoms with Gasteiger partial charge in [0.15, 0.2) is 0 Å². The van der Waals surface area contributed by atoms with Gasteiger partial charge in [0.1, 0.15) is 0 Å². The predicted molar refractivity (Wildman–Crippen MR) is 141 cm³/mol. The van der Waals surface area contributed by atoms with Crippen molar-refractivity contribution in [3.8, 4) is 11.1 Å². The number of rotatable bonds is 6. The summed E-state index contributed by atoms with van der Waals surface area (Å²) in [5, 5.41) is 6.13. The Hall–Kier alpha value is -3.44. The quantitative estimate of drug-likeness (QED) is 0.496. The van der Waals surface area contributed by atoms with Crippen molar-refractivity contribution in [2.24, 2.45) is 5.92 Å². The number of anilines is 1. The summed E-state index contributed by atoms with van der Waals surface area (Å²) in [4.78, 5) is 28.4. The molecule has 2 N–H and O–H groups in total. The van der Waals surface area contributed by atoms with E-state index in [1.54, 1.807) is 24.3 Å². The summed E-state index contributed by atoms with van der Waals surface area (Å²) in [5.41, 5.74) is 3.79.